The van der Waals surface area contributed by atoms with Crippen LogP contribution in [0.3, 0.4) is 0 Å². The van der Waals surface area contributed by atoms with Gasteiger partial charge >= 0.3 is 11.9 Å². The van der Waals surface area contributed by atoms with Gasteiger partial charge in [-0.05, 0) is 67.1 Å². The predicted octanol–water partition coefficient (Wildman–Crippen LogP) is 4.25. The van der Waals surface area contributed by atoms with Crippen LogP contribution in [0.5, 0.6) is 0 Å². The number of carbonyl (C=O) groups excluding carboxylic acids is 1. The number of carbonyl (C=O) groups is 2. The summed E-state index contributed by atoms with van der Waals surface area (Å²) in [5.74, 6) is -1.88. The Balaban J connectivity index is 1.47. The Morgan fingerprint density at radius 1 is 1.29 bits per heavy atom. The molecule has 1 atom stereocenters. The number of thiazole rings is 1. The Labute approximate surface area is 249 Å². The lowest BCUT2D eigenvalue weighted by atomic mass is 9.70. The number of aliphatic carboxylic acids is 1. The topological polar surface area (TPSA) is 138 Å². The normalized spacial score (nSPS) is 25.7. The van der Waals surface area contributed by atoms with Gasteiger partial charge in [0.05, 0.1) is 27.3 Å². The zero-order valence-corrected chi connectivity index (χ0v) is 25.7. The van der Waals surface area contributed by atoms with Crippen LogP contribution in [0.15, 0.2) is 50.5 Å². The first-order valence-corrected chi connectivity index (χ1v) is 16.5. The third-order valence-corrected chi connectivity index (χ3v) is 11.9. The fourth-order valence-corrected chi connectivity index (χ4v) is 9.03. The highest BCUT2D eigenvalue weighted by molar-refractivity contribution is 9.10. The molecule has 2 aliphatic heterocycles. The van der Waals surface area contributed by atoms with Gasteiger partial charge in [-0.3, -0.25) is 9.79 Å². The van der Waals surface area contributed by atoms with E-state index in [1.807, 2.05) is 0 Å². The summed E-state index contributed by atoms with van der Waals surface area (Å²) < 4.78 is 48.3. The number of rotatable bonds is 8. The lowest BCUT2D eigenvalue weighted by molar-refractivity contribution is -0.152. The number of allylic oxidation sites excluding steroid dienone is 1. The molecule has 2 N–H and O–H groups in total. The number of carboxylic acid groups (broad SMARTS) is 1. The van der Waals surface area contributed by atoms with Crippen LogP contribution in [0.25, 0.3) is 0 Å². The molecule has 1 aromatic carbocycles. The molecule has 0 amide bonds. The summed E-state index contributed by atoms with van der Waals surface area (Å²) in [7, 11) is -3.67. The average molecular weight is 670 g/mol. The number of ether oxygens (including phenoxy) is 1. The molecule has 2 fully saturated rings. The number of benzene rings is 1. The van der Waals surface area contributed by atoms with Gasteiger partial charge in [0.25, 0.3) is 0 Å². The zero-order valence-electron chi connectivity index (χ0n) is 22.5. The van der Waals surface area contributed by atoms with Gasteiger partial charge in [0.15, 0.2) is 10.8 Å². The van der Waals surface area contributed by atoms with Crippen molar-refractivity contribution >= 4 is 55.1 Å². The molecule has 5 rings (SSSR count). The van der Waals surface area contributed by atoms with Crippen molar-refractivity contribution in [3.05, 3.63) is 61.9 Å². The first-order valence-electron chi connectivity index (χ1n) is 13.3. The Morgan fingerprint density at radius 2 is 2.00 bits per heavy atom. The number of sulfonamides is 1. The van der Waals surface area contributed by atoms with Crippen LogP contribution < -0.4 is 5.32 Å². The Kier molecular flexibility index (Phi) is 8.39. The summed E-state index contributed by atoms with van der Waals surface area (Å²) in [4.78, 5) is 34.1. The molecule has 1 saturated carbocycles. The van der Waals surface area contributed by atoms with E-state index in [-0.39, 0.29) is 48.5 Å². The minimum atomic E-state index is -3.67. The van der Waals surface area contributed by atoms with Gasteiger partial charge in [-0.15, -0.1) is 11.3 Å². The SMILES string of the molecule is CCOC(=O)C1=C(C2CCN(S(=O)(=O)[C@H]3C[C@](C)(C(=O)O)C3)CC2)NC(c2nccs2)=NC1c1cccc(F)c1Br. The quantitative estimate of drug-likeness (QED) is 0.398. The van der Waals surface area contributed by atoms with Crippen LogP contribution in [-0.4, -0.2) is 65.5 Å². The molecule has 0 spiro atoms. The molecule has 0 bridgehead atoms. The van der Waals surface area contributed by atoms with Crippen molar-refractivity contribution in [1.29, 1.82) is 0 Å². The molecule has 1 unspecified atom stereocenters. The molecule has 41 heavy (non-hydrogen) atoms. The van der Waals surface area contributed by atoms with Crippen molar-refractivity contribution in [2.45, 2.75) is 50.8 Å². The molecule has 3 heterocycles. The maximum absolute atomic E-state index is 14.6. The summed E-state index contributed by atoms with van der Waals surface area (Å²) in [6.45, 7) is 3.83. The predicted molar refractivity (Wildman–Crippen MR) is 154 cm³/mol. The van der Waals surface area contributed by atoms with E-state index in [1.54, 1.807) is 37.6 Å². The number of hydrogen-bond acceptors (Lipinski definition) is 9. The van der Waals surface area contributed by atoms with Crippen LogP contribution in [-0.2, 0) is 24.3 Å². The summed E-state index contributed by atoms with van der Waals surface area (Å²) in [5, 5.41) is 14.4. The zero-order chi connectivity index (χ0) is 29.5. The second kappa shape index (κ2) is 11.5. The monoisotopic (exact) mass is 668 g/mol. The van der Waals surface area contributed by atoms with Gasteiger partial charge < -0.3 is 15.2 Å². The molecule has 14 heteroatoms. The van der Waals surface area contributed by atoms with Crippen molar-refractivity contribution < 1.29 is 32.2 Å². The molecule has 220 valence electrons. The van der Waals surface area contributed by atoms with E-state index in [9.17, 15) is 27.5 Å². The first kappa shape index (κ1) is 29.8. The number of amidine groups is 1. The minimum Gasteiger partial charge on any atom is -0.481 e. The van der Waals surface area contributed by atoms with E-state index >= 15 is 0 Å². The van der Waals surface area contributed by atoms with Gasteiger partial charge in [0, 0.05) is 36.3 Å². The molecular weight excluding hydrogens is 639 g/mol. The summed E-state index contributed by atoms with van der Waals surface area (Å²) >= 11 is 4.69. The van der Waals surface area contributed by atoms with Gasteiger partial charge in [-0.25, -0.2) is 26.9 Å². The smallest absolute Gasteiger partial charge is 0.338 e. The second-order valence-corrected chi connectivity index (χ2v) is 14.5. The van der Waals surface area contributed by atoms with Crippen LogP contribution in [0.4, 0.5) is 4.39 Å². The molecule has 2 aromatic rings. The number of piperidine rings is 1. The molecule has 10 nitrogen and oxygen atoms in total. The molecule has 1 aliphatic carbocycles. The Morgan fingerprint density at radius 3 is 2.61 bits per heavy atom. The number of carboxylic acids is 1. The number of nitrogens with one attached hydrogen (secondary N) is 1. The molecule has 0 radical (unpaired) electrons. The maximum atomic E-state index is 14.6. The van der Waals surface area contributed by atoms with E-state index in [2.05, 4.69) is 26.2 Å². The second-order valence-electron chi connectivity index (χ2n) is 10.6. The van der Waals surface area contributed by atoms with Crippen LogP contribution in [0.2, 0.25) is 0 Å². The van der Waals surface area contributed by atoms with Crippen LogP contribution in [0, 0.1) is 17.2 Å². The van der Waals surface area contributed by atoms with E-state index < -0.39 is 44.5 Å². The van der Waals surface area contributed by atoms with Crippen molar-refractivity contribution in [2.24, 2.45) is 16.3 Å². The molecule has 3 aliphatic rings. The summed E-state index contributed by atoms with van der Waals surface area (Å²) in [6.07, 6.45) is 2.64. The standard InChI is InChI=1S/C27H30BrFN4O6S2/c1-3-39-25(34)19-21(15-7-10-33(11-8-15)41(37,38)16-13-27(2,14-16)26(35)36)31-23(24-30-9-12-40-24)32-22(19)17-5-4-6-18(29)20(17)28/h4-6,9,12,15-16,22H,3,7-8,10-11,13-14H2,1-2H3,(H,31,32)(H,35,36)/t16-,22?,27-. The highest BCUT2D eigenvalue weighted by Gasteiger charge is 2.53. The number of nitrogens with zero attached hydrogens (tertiary/aromatic N) is 3. The van der Waals surface area contributed by atoms with Gasteiger partial charge in [-0.1, -0.05) is 12.1 Å². The molecule has 1 aromatic heterocycles. The Hall–Kier alpha value is -2.68. The minimum absolute atomic E-state index is 0.0855. The first-order chi connectivity index (χ1) is 19.5. The van der Waals surface area contributed by atoms with E-state index in [0.29, 0.717) is 34.9 Å². The fourth-order valence-electron chi connectivity index (χ4n) is 5.67. The highest BCUT2D eigenvalue weighted by atomic mass is 79.9. The van der Waals surface area contributed by atoms with Gasteiger partial charge in [0.2, 0.25) is 10.0 Å². The number of aliphatic imine (C=N–C) groups is 1. The van der Waals surface area contributed by atoms with Gasteiger partial charge in [0.1, 0.15) is 11.9 Å². The number of hydrogen-bond donors (Lipinski definition) is 2. The summed E-state index contributed by atoms with van der Waals surface area (Å²) in [5.41, 5.74) is 0.236. The number of halogens is 2. The maximum Gasteiger partial charge on any atom is 0.338 e. The number of esters is 1. The summed E-state index contributed by atoms with van der Waals surface area (Å²) in [6, 6.07) is 3.67. The van der Waals surface area contributed by atoms with E-state index in [4.69, 9.17) is 9.73 Å². The lowest BCUT2D eigenvalue weighted by Crippen LogP contribution is -2.54. The largest absolute Gasteiger partial charge is 0.481 e. The van der Waals surface area contributed by atoms with Crippen LogP contribution >= 0.6 is 27.3 Å². The average Bonchev–Trinajstić information content (AvgIpc) is 3.47. The van der Waals surface area contributed by atoms with Gasteiger partial charge in [-0.2, -0.15) is 0 Å². The van der Waals surface area contributed by atoms with Crippen LogP contribution in [0.1, 0.15) is 56.1 Å². The highest BCUT2D eigenvalue weighted by Crippen LogP contribution is 2.46. The number of aromatic nitrogens is 1. The van der Waals surface area contributed by atoms with Crippen molar-refractivity contribution in [1.82, 2.24) is 14.6 Å². The van der Waals surface area contributed by atoms with Crippen molar-refractivity contribution in [3.63, 3.8) is 0 Å². The van der Waals surface area contributed by atoms with Crippen molar-refractivity contribution in [3.8, 4) is 0 Å². The fraction of sp³-hybridized carbons (Fsp3) is 0.481. The molecule has 1 saturated heterocycles. The lowest BCUT2D eigenvalue weighted by Gasteiger charge is -2.44. The third kappa shape index (κ3) is 5.58. The Bertz CT molecular complexity index is 1510. The van der Waals surface area contributed by atoms with Crippen molar-refractivity contribution in [2.75, 3.05) is 19.7 Å². The van der Waals surface area contributed by atoms with E-state index in [0.717, 1.165) is 0 Å². The van der Waals surface area contributed by atoms with E-state index in [1.165, 1.54) is 21.7 Å². The molecular formula is C27H30BrFN4O6S2. The third-order valence-electron chi connectivity index (χ3n) is 8.00.